The molecule has 0 aliphatic carbocycles. The summed E-state index contributed by atoms with van der Waals surface area (Å²) >= 11 is 0. The van der Waals surface area contributed by atoms with Crippen molar-refractivity contribution in [3.05, 3.63) is 35.9 Å². The summed E-state index contributed by atoms with van der Waals surface area (Å²) in [6.07, 6.45) is 0.0945. The Kier molecular flexibility index (Phi) is 5.16. The van der Waals surface area contributed by atoms with Crippen LogP contribution < -0.4 is 0 Å². The molecule has 1 heterocycles. The van der Waals surface area contributed by atoms with Crippen molar-refractivity contribution in [2.45, 2.75) is 12.2 Å². The van der Waals surface area contributed by atoms with Crippen LogP contribution in [0.4, 0.5) is 0 Å². The number of carbonyl (C=O) groups is 3. The van der Waals surface area contributed by atoms with Crippen LogP contribution in [0.3, 0.4) is 0 Å². The zero-order valence-corrected chi connectivity index (χ0v) is 12.1. The minimum absolute atomic E-state index is 0.0940. The molecule has 8 heteroatoms. The first kappa shape index (κ1) is 16.0. The molecule has 0 aromatic heterocycles. The summed E-state index contributed by atoms with van der Waals surface area (Å²) < 4.78 is 10.0. The normalized spacial score (nSPS) is 18.0. The lowest BCUT2D eigenvalue weighted by molar-refractivity contribution is -0.146. The molecule has 22 heavy (non-hydrogen) atoms. The van der Waals surface area contributed by atoms with Gasteiger partial charge in [0.05, 0.1) is 13.1 Å². The van der Waals surface area contributed by atoms with Gasteiger partial charge in [-0.25, -0.2) is 0 Å². The van der Waals surface area contributed by atoms with Gasteiger partial charge >= 0.3 is 25.0 Å². The predicted octanol–water partition coefficient (Wildman–Crippen LogP) is 0.204. The van der Waals surface area contributed by atoms with E-state index >= 15 is 0 Å². The summed E-state index contributed by atoms with van der Waals surface area (Å²) in [6, 6.07) is 8.89. The van der Waals surface area contributed by atoms with Crippen LogP contribution in [0.15, 0.2) is 30.3 Å². The topological polar surface area (TPSA) is 93.1 Å². The van der Waals surface area contributed by atoms with Crippen LogP contribution >= 0.6 is 0 Å². The second-order valence-electron chi connectivity index (χ2n) is 5.15. The second-order valence-corrected chi connectivity index (χ2v) is 5.15. The highest BCUT2D eigenvalue weighted by molar-refractivity contribution is 6.55. The molecule has 1 fully saturated rings. The molecule has 1 atom stereocenters. The zero-order valence-electron chi connectivity index (χ0n) is 12.1. The molecule has 0 bridgehead atoms. The molecule has 0 radical (unpaired) electrons. The largest absolute Gasteiger partial charge is 0.613 e. The van der Waals surface area contributed by atoms with Crippen molar-refractivity contribution in [3.63, 3.8) is 0 Å². The highest BCUT2D eigenvalue weighted by Gasteiger charge is 2.44. The van der Waals surface area contributed by atoms with Crippen LogP contribution in [0.25, 0.3) is 0 Å². The Balaban J connectivity index is 2.17. The average molecular weight is 305 g/mol. The number of rotatable bonds is 4. The van der Waals surface area contributed by atoms with Gasteiger partial charge in [-0.1, -0.05) is 30.3 Å². The van der Waals surface area contributed by atoms with Crippen molar-refractivity contribution in [3.8, 4) is 0 Å². The summed E-state index contributed by atoms with van der Waals surface area (Å²) in [5, 5.41) is 9.38. The van der Waals surface area contributed by atoms with Gasteiger partial charge in [-0.2, -0.15) is 0 Å². The fraction of sp³-hybridized carbons (Fsp3) is 0.357. The average Bonchev–Trinajstić information content (AvgIpc) is 2.43. The van der Waals surface area contributed by atoms with E-state index < -0.39 is 30.8 Å². The number of benzene rings is 1. The number of carbonyl (C=O) groups excluding carboxylic acids is 2. The smallest absolute Gasteiger partial charge is 0.498 e. The third-order valence-corrected chi connectivity index (χ3v) is 3.24. The van der Waals surface area contributed by atoms with Crippen LogP contribution in [0.2, 0.25) is 5.82 Å². The van der Waals surface area contributed by atoms with Crippen LogP contribution in [0.1, 0.15) is 5.56 Å². The van der Waals surface area contributed by atoms with Gasteiger partial charge in [0.15, 0.2) is 0 Å². The molecule has 1 saturated heterocycles. The minimum atomic E-state index is -1.42. The third kappa shape index (κ3) is 4.32. The lowest BCUT2D eigenvalue weighted by atomic mass is 9.68. The highest BCUT2D eigenvalue weighted by Crippen LogP contribution is 2.21. The molecule has 1 N–H and O–H groups in total. The second kappa shape index (κ2) is 7.08. The van der Waals surface area contributed by atoms with E-state index in [4.69, 9.17) is 9.31 Å². The molecule has 0 saturated carbocycles. The zero-order chi connectivity index (χ0) is 16.1. The molecular formula is C14H16BNO6. The Labute approximate surface area is 128 Å². The first-order valence-corrected chi connectivity index (χ1v) is 6.80. The molecular weight excluding hydrogens is 289 g/mol. The van der Waals surface area contributed by atoms with Gasteiger partial charge < -0.3 is 14.4 Å². The summed E-state index contributed by atoms with van der Waals surface area (Å²) in [6.45, 7) is -0.188. The molecule has 1 aromatic rings. The fourth-order valence-electron chi connectivity index (χ4n) is 2.19. The molecule has 1 aliphatic heterocycles. The molecule has 0 amide bonds. The number of hydrogen-bond acceptors (Lipinski definition) is 6. The van der Waals surface area contributed by atoms with Crippen LogP contribution in [0.5, 0.6) is 0 Å². The van der Waals surface area contributed by atoms with Crippen LogP contribution in [0, 0.1) is 0 Å². The molecule has 1 aromatic carbocycles. The number of aliphatic carboxylic acids is 1. The van der Waals surface area contributed by atoms with E-state index in [1.165, 1.54) is 4.90 Å². The third-order valence-electron chi connectivity index (χ3n) is 3.24. The van der Waals surface area contributed by atoms with Crippen LogP contribution in [-0.2, 0) is 30.1 Å². The SMILES string of the molecule is CN1CC(=O)OB(C(Cc2ccccc2)C(=O)O)OC(=O)C1. The van der Waals surface area contributed by atoms with Crippen LogP contribution in [-0.4, -0.2) is 55.2 Å². The Morgan fingerprint density at radius 3 is 2.27 bits per heavy atom. The van der Waals surface area contributed by atoms with Crippen molar-refractivity contribution in [1.82, 2.24) is 4.90 Å². The van der Waals surface area contributed by atoms with Gasteiger partial charge in [-0.05, 0) is 19.0 Å². The van der Waals surface area contributed by atoms with Gasteiger partial charge in [0.25, 0.3) is 0 Å². The molecule has 2 rings (SSSR count). The Hall–Kier alpha value is -2.35. The molecule has 7 nitrogen and oxygen atoms in total. The predicted molar refractivity (Wildman–Crippen MR) is 77.0 cm³/mol. The van der Waals surface area contributed by atoms with Gasteiger partial charge in [0, 0.05) is 0 Å². The minimum Gasteiger partial charge on any atom is -0.498 e. The monoisotopic (exact) mass is 305 g/mol. The number of hydrogen-bond donors (Lipinski definition) is 1. The van der Waals surface area contributed by atoms with E-state index in [1.807, 2.05) is 6.07 Å². The summed E-state index contributed by atoms with van der Waals surface area (Å²) in [5.41, 5.74) is 0.751. The maximum absolute atomic E-state index is 11.7. The fourth-order valence-corrected chi connectivity index (χ4v) is 2.19. The standard InChI is InChI=1S/C14H16BNO6/c1-16-8-12(17)21-15(22-13(18)9-16)11(14(19)20)7-10-5-3-2-4-6-10/h2-6,11H,7-9H2,1H3,(H,19,20). The van der Waals surface area contributed by atoms with E-state index in [1.54, 1.807) is 31.3 Å². The quantitative estimate of drug-likeness (QED) is 0.794. The van der Waals surface area contributed by atoms with Crippen molar-refractivity contribution >= 4 is 25.0 Å². The molecule has 116 valence electrons. The number of nitrogens with zero attached hydrogens (tertiary/aromatic N) is 1. The summed E-state index contributed by atoms with van der Waals surface area (Å²) in [4.78, 5) is 36.3. The van der Waals surface area contributed by atoms with E-state index in [-0.39, 0.29) is 19.5 Å². The molecule has 1 aliphatic rings. The first-order chi connectivity index (χ1) is 10.5. The van der Waals surface area contributed by atoms with Gasteiger partial charge in [0.2, 0.25) is 0 Å². The summed E-state index contributed by atoms with van der Waals surface area (Å²) in [5.74, 6) is -3.60. The summed E-state index contributed by atoms with van der Waals surface area (Å²) in [7, 11) is 0.146. The molecule has 0 spiro atoms. The van der Waals surface area contributed by atoms with E-state index in [2.05, 4.69) is 0 Å². The lowest BCUT2D eigenvalue weighted by Gasteiger charge is -2.25. The highest BCUT2D eigenvalue weighted by atomic mass is 16.6. The van der Waals surface area contributed by atoms with E-state index in [9.17, 15) is 19.5 Å². The Bertz CT molecular complexity index is 544. The van der Waals surface area contributed by atoms with Crippen molar-refractivity contribution in [1.29, 1.82) is 0 Å². The number of carboxylic acids is 1. The van der Waals surface area contributed by atoms with Crippen molar-refractivity contribution in [2.24, 2.45) is 0 Å². The van der Waals surface area contributed by atoms with Crippen molar-refractivity contribution < 1.29 is 28.8 Å². The van der Waals surface area contributed by atoms with Crippen molar-refractivity contribution in [2.75, 3.05) is 20.1 Å². The Morgan fingerprint density at radius 2 is 1.77 bits per heavy atom. The van der Waals surface area contributed by atoms with E-state index in [0.29, 0.717) is 0 Å². The molecule has 1 unspecified atom stereocenters. The maximum atomic E-state index is 11.7. The van der Waals surface area contributed by atoms with Gasteiger partial charge in [-0.3, -0.25) is 19.3 Å². The first-order valence-electron chi connectivity index (χ1n) is 6.80. The van der Waals surface area contributed by atoms with Gasteiger partial charge in [-0.15, -0.1) is 0 Å². The number of carboxylic acid groups (broad SMARTS) is 1. The van der Waals surface area contributed by atoms with Gasteiger partial charge in [0.1, 0.15) is 5.82 Å². The Morgan fingerprint density at radius 1 is 1.23 bits per heavy atom. The lowest BCUT2D eigenvalue weighted by Crippen LogP contribution is -2.46. The maximum Gasteiger partial charge on any atom is 0.613 e. The van der Waals surface area contributed by atoms with E-state index in [0.717, 1.165) is 5.56 Å². The number of likely N-dealkylation sites (N-methyl/N-ethyl adjacent to an activating group) is 1.